The van der Waals surface area contributed by atoms with Gasteiger partial charge in [0, 0.05) is 13.1 Å². The summed E-state index contributed by atoms with van der Waals surface area (Å²) in [5.41, 5.74) is 0.297. The van der Waals surface area contributed by atoms with Gasteiger partial charge in [0.05, 0.1) is 18.1 Å². The second kappa shape index (κ2) is 7.09. The Labute approximate surface area is 133 Å². The second-order valence-corrected chi connectivity index (χ2v) is 5.56. The molecular formula is C14H16Cl2N2O3. The van der Waals surface area contributed by atoms with Crippen LogP contribution in [0.4, 0.5) is 0 Å². The number of ether oxygens (including phenoxy) is 1. The van der Waals surface area contributed by atoms with E-state index in [4.69, 9.17) is 27.9 Å². The van der Waals surface area contributed by atoms with Crippen LogP contribution in [-0.2, 0) is 9.53 Å². The van der Waals surface area contributed by atoms with E-state index in [0.29, 0.717) is 25.3 Å². The summed E-state index contributed by atoms with van der Waals surface area (Å²) in [6.07, 6.45) is 1.49. The Kier molecular flexibility index (Phi) is 5.42. The van der Waals surface area contributed by atoms with Gasteiger partial charge in [-0.15, -0.1) is 0 Å². The van der Waals surface area contributed by atoms with Crippen molar-refractivity contribution in [3.8, 4) is 0 Å². The lowest BCUT2D eigenvalue weighted by Crippen LogP contribution is -2.43. The molecule has 1 aliphatic rings. The molecule has 0 aromatic carbocycles. The number of piperidine rings is 1. The van der Waals surface area contributed by atoms with E-state index in [1.807, 2.05) is 0 Å². The molecular weight excluding hydrogens is 315 g/mol. The molecule has 1 aromatic heterocycles. The number of pyridine rings is 1. The summed E-state index contributed by atoms with van der Waals surface area (Å²) in [7, 11) is 0. The number of esters is 1. The summed E-state index contributed by atoms with van der Waals surface area (Å²) in [5.74, 6) is -0.768. The summed E-state index contributed by atoms with van der Waals surface area (Å²) in [5, 5.41) is 0.311. The van der Waals surface area contributed by atoms with Crippen LogP contribution in [0.5, 0.6) is 0 Å². The summed E-state index contributed by atoms with van der Waals surface area (Å²) in [6, 6.07) is 3.07. The molecule has 114 valence electrons. The van der Waals surface area contributed by atoms with Gasteiger partial charge in [0.2, 0.25) is 0 Å². The van der Waals surface area contributed by atoms with Crippen LogP contribution >= 0.6 is 23.2 Å². The molecule has 5 nitrogen and oxygen atoms in total. The van der Waals surface area contributed by atoms with E-state index < -0.39 is 0 Å². The van der Waals surface area contributed by atoms with Gasteiger partial charge in [-0.3, -0.25) is 9.59 Å². The first-order valence-electron chi connectivity index (χ1n) is 6.81. The minimum Gasteiger partial charge on any atom is -0.466 e. The molecule has 1 amide bonds. The largest absolute Gasteiger partial charge is 0.466 e. The molecule has 21 heavy (non-hydrogen) atoms. The van der Waals surface area contributed by atoms with E-state index >= 15 is 0 Å². The van der Waals surface area contributed by atoms with E-state index in [0.717, 1.165) is 12.8 Å². The SMILES string of the molecule is CCOC(=O)[C@H]1CCCN(C(=O)c2ccc(Cl)nc2Cl)C1. The van der Waals surface area contributed by atoms with E-state index in [1.54, 1.807) is 17.9 Å². The van der Waals surface area contributed by atoms with Crippen LogP contribution in [0, 0.1) is 5.92 Å². The average Bonchev–Trinajstić information content (AvgIpc) is 2.47. The minimum absolute atomic E-state index is 0.0748. The molecule has 1 aliphatic heterocycles. The lowest BCUT2D eigenvalue weighted by Gasteiger charge is -2.31. The molecule has 2 rings (SSSR count). The number of carbonyl (C=O) groups excluding carboxylic acids is 2. The smallest absolute Gasteiger partial charge is 0.310 e. The quantitative estimate of drug-likeness (QED) is 0.631. The molecule has 0 bridgehead atoms. The summed E-state index contributed by atoms with van der Waals surface area (Å²) < 4.78 is 5.02. The summed E-state index contributed by atoms with van der Waals surface area (Å²) in [4.78, 5) is 29.7. The first-order valence-corrected chi connectivity index (χ1v) is 7.56. The number of hydrogen-bond donors (Lipinski definition) is 0. The topological polar surface area (TPSA) is 59.5 Å². The van der Waals surface area contributed by atoms with Crippen molar-refractivity contribution in [2.45, 2.75) is 19.8 Å². The third-order valence-electron chi connectivity index (χ3n) is 3.37. The molecule has 2 heterocycles. The van der Waals surface area contributed by atoms with Crippen molar-refractivity contribution in [2.75, 3.05) is 19.7 Å². The Bertz CT molecular complexity index is 551. The zero-order chi connectivity index (χ0) is 15.4. The van der Waals surface area contributed by atoms with E-state index in [-0.39, 0.29) is 28.1 Å². The maximum atomic E-state index is 12.5. The van der Waals surface area contributed by atoms with Crippen LogP contribution in [0.15, 0.2) is 12.1 Å². The number of rotatable bonds is 3. The number of aromatic nitrogens is 1. The van der Waals surface area contributed by atoms with Gasteiger partial charge in [-0.25, -0.2) is 4.98 Å². The summed E-state index contributed by atoms with van der Waals surface area (Å²) >= 11 is 11.7. The van der Waals surface area contributed by atoms with Gasteiger partial charge in [0.15, 0.2) is 0 Å². The molecule has 0 spiro atoms. The fraction of sp³-hybridized carbons (Fsp3) is 0.500. The molecule has 0 saturated carbocycles. The van der Waals surface area contributed by atoms with Crippen molar-refractivity contribution < 1.29 is 14.3 Å². The fourth-order valence-electron chi connectivity index (χ4n) is 2.36. The van der Waals surface area contributed by atoms with Crippen molar-refractivity contribution in [2.24, 2.45) is 5.92 Å². The highest BCUT2D eigenvalue weighted by Crippen LogP contribution is 2.23. The van der Waals surface area contributed by atoms with Crippen LogP contribution in [0.1, 0.15) is 30.1 Å². The van der Waals surface area contributed by atoms with Gasteiger partial charge in [-0.2, -0.15) is 0 Å². The zero-order valence-electron chi connectivity index (χ0n) is 11.6. The van der Waals surface area contributed by atoms with Crippen LogP contribution in [0.3, 0.4) is 0 Å². The third-order valence-corrected chi connectivity index (χ3v) is 3.87. The lowest BCUT2D eigenvalue weighted by molar-refractivity contribution is -0.149. The predicted octanol–water partition coefficient (Wildman–Crippen LogP) is 2.80. The molecule has 1 atom stereocenters. The number of carbonyl (C=O) groups is 2. The van der Waals surface area contributed by atoms with Gasteiger partial charge < -0.3 is 9.64 Å². The van der Waals surface area contributed by atoms with E-state index in [9.17, 15) is 9.59 Å². The number of hydrogen-bond acceptors (Lipinski definition) is 4. The number of likely N-dealkylation sites (tertiary alicyclic amines) is 1. The van der Waals surface area contributed by atoms with Crippen molar-refractivity contribution in [3.05, 3.63) is 28.0 Å². The molecule has 1 saturated heterocycles. The summed E-state index contributed by atoms with van der Waals surface area (Å²) in [6.45, 7) is 3.04. The van der Waals surface area contributed by atoms with Crippen LogP contribution in [-0.4, -0.2) is 41.5 Å². The number of nitrogens with zero attached hydrogens (tertiary/aromatic N) is 2. The third kappa shape index (κ3) is 3.86. The molecule has 0 radical (unpaired) electrons. The van der Waals surface area contributed by atoms with Crippen LogP contribution in [0.25, 0.3) is 0 Å². The molecule has 0 aliphatic carbocycles. The Morgan fingerprint density at radius 3 is 2.86 bits per heavy atom. The maximum absolute atomic E-state index is 12.5. The highest BCUT2D eigenvalue weighted by atomic mass is 35.5. The van der Waals surface area contributed by atoms with Gasteiger partial charge in [-0.1, -0.05) is 23.2 Å². The van der Waals surface area contributed by atoms with E-state index in [1.165, 1.54) is 6.07 Å². The van der Waals surface area contributed by atoms with Gasteiger partial charge >= 0.3 is 5.97 Å². The molecule has 0 unspecified atom stereocenters. The van der Waals surface area contributed by atoms with Crippen molar-refractivity contribution in [1.29, 1.82) is 0 Å². The zero-order valence-corrected chi connectivity index (χ0v) is 13.2. The molecule has 1 fully saturated rings. The monoisotopic (exact) mass is 330 g/mol. The van der Waals surface area contributed by atoms with Crippen molar-refractivity contribution in [3.63, 3.8) is 0 Å². The number of amides is 1. The predicted molar refractivity (Wildman–Crippen MR) is 79.5 cm³/mol. The maximum Gasteiger partial charge on any atom is 0.310 e. The van der Waals surface area contributed by atoms with Gasteiger partial charge in [0.1, 0.15) is 10.3 Å². The Balaban J connectivity index is 2.10. The minimum atomic E-state index is -0.276. The normalized spacial score (nSPS) is 18.4. The first-order chi connectivity index (χ1) is 10.0. The Morgan fingerprint density at radius 2 is 2.19 bits per heavy atom. The Morgan fingerprint density at radius 1 is 1.43 bits per heavy atom. The van der Waals surface area contributed by atoms with Crippen LogP contribution < -0.4 is 0 Å². The van der Waals surface area contributed by atoms with Crippen LogP contribution in [0.2, 0.25) is 10.3 Å². The molecule has 7 heteroatoms. The Hall–Kier alpha value is -1.33. The standard InChI is InChI=1S/C14H16Cl2N2O3/c1-2-21-14(20)9-4-3-7-18(8-9)13(19)10-5-6-11(15)17-12(10)16/h5-6,9H,2-4,7-8H2,1H3/t9-/m0/s1. The van der Waals surface area contributed by atoms with E-state index in [2.05, 4.69) is 4.98 Å². The molecule has 0 N–H and O–H groups in total. The van der Waals surface area contributed by atoms with Crippen molar-refractivity contribution in [1.82, 2.24) is 9.88 Å². The fourth-order valence-corrected chi connectivity index (χ4v) is 2.78. The van der Waals surface area contributed by atoms with Crippen molar-refractivity contribution >= 4 is 35.1 Å². The van der Waals surface area contributed by atoms with Gasteiger partial charge in [0.25, 0.3) is 5.91 Å². The molecule has 1 aromatic rings. The second-order valence-electron chi connectivity index (χ2n) is 4.81. The highest BCUT2D eigenvalue weighted by Gasteiger charge is 2.30. The van der Waals surface area contributed by atoms with Gasteiger partial charge in [-0.05, 0) is 31.9 Å². The lowest BCUT2D eigenvalue weighted by atomic mass is 9.97. The number of halogens is 2. The average molecular weight is 331 g/mol. The first kappa shape index (κ1) is 16.0. The highest BCUT2D eigenvalue weighted by molar-refractivity contribution is 6.34.